The van der Waals surface area contributed by atoms with Gasteiger partial charge in [-0.1, -0.05) is 41.4 Å². The first-order valence-corrected chi connectivity index (χ1v) is 11.9. The van der Waals surface area contributed by atoms with Gasteiger partial charge in [-0.2, -0.15) is 0 Å². The molecule has 0 spiro atoms. The number of carbonyl (C=O) groups is 1. The lowest BCUT2D eigenvalue weighted by molar-refractivity contribution is -0.116. The maximum absolute atomic E-state index is 12.8. The number of carbonyl (C=O) groups excluding carboxylic acids is 1. The average Bonchev–Trinajstić information content (AvgIpc) is 3.08. The van der Waals surface area contributed by atoms with Crippen LogP contribution in [0.4, 0.5) is 5.69 Å². The van der Waals surface area contributed by atoms with Gasteiger partial charge in [0.25, 0.3) is 0 Å². The number of rotatable bonds is 5. The molecule has 1 heterocycles. The molecule has 0 saturated carbocycles. The van der Waals surface area contributed by atoms with Crippen molar-refractivity contribution in [3.8, 4) is 11.4 Å². The number of aromatic nitrogens is 2. The molecule has 3 aromatic carbocycles. The van der Waals surface area contributed by atoms with Gasteiger partial charge in [-0.25, -0.2) is 13.4 Å². The Hall–Kier alpha value is -2.87. The third kappa shape index (κ3) is 4.44. The predicted octanol–water partition coefficient (Wildman–Crippen LogP) is 5.05. The number of halogens is 2. The van der Waals surface area contributed by atoms with Gasteiger partial charge in [-0.15, -0.1) is 0 Å². The molecule has 158 valence electrons. The van der Waals surface area contributed by atoms with Gasteiger partial charge >= 0.3 is 0 Å². The lowest BCUT2D eigenvalue weighted by atomic mass is 10.2. The standard InChI is InChI=1S/C22H17Cl2N3O3S/c1-31(29,30)15-11-9-14(10-12-15)25-20(28)13-27-19-8-3-2-7-18(19)26-22(27)16-5-4-6-17(23)21(16)24/h2-12H,13H2,1H3,(H,25,28). The predicted molar refractivity (Wildman–Crippen MR) is 123 cm³/mol. The zero-order valence-electron chi connectivity index (χ0n) is 16.3. The topological polar surface area (TPSA) is 81.1 Å². The van der Waals surface area contributed by atoms with Gasteiger partial charge in [0.05, 0.1) is 26.0 Å². The van der Waals surface area contributed by atoms with Crippen molar-refractivity contribution < 1.29 is 13.2 Å². The highest BCUT2D eigenvalue weighted by Gasteiger charge is 2.18. The largest absolute Gasteiger partial charge is 0.325 e. The van der Waals surface area contributed by atoms with Crippen molar-refractivity contribution in [2.24, 2.45) is 0 Å². The molecule has 9 heteroatoms. The molecule has 0 fully saturated rings. The van der Waals surface area contributed by atoms with Crippen LogP contribution in [-0.4, -0.2) is 30.1 Å². The van der Waals surface area contributed by atoms with Gasteiger partial charge < -0.3 is 9.88 Å². The zero-order chi connectivity index (χ0) is 22.2. The molecule has 0 saturated heterocycles. The van der Waals surface area contributed by atoms with Crippen molar-refractivity contribution in [2.45, 2.75) is 11.4 Å². The molecule has 6 nitrogen and oxygen atoms in total. The molecule has 4 rings (SSSR count). The second-order valence-electron chi connectivity index (χ2n) is 6.96. The van der Waals surface area contributed by atoms with Crippen molar-refractivity contribution in [3.63, 3.8) is 0 Å². The minimum absolute atomic E-state index is 0.0213. The molecule has 0 bridgehead atoms. The number of fused-ring (bicyclic) bond motifs is 1. The van der Waals surface area contributed by atoms with Crippen LogP contribution < -0.4 is 5.32 Å². The number of nitrogens with one attached hydrogen (secondary N) is 1. The highest BCUT2D eigenvalue weighted by Crippen LogP contribution is 2.34. The van der Waals surface area contributed by atoms with Crippen molar-refractivity contribution in [2.75, 3.05) is 11.6 Å². The second-order valence-corrected chi connectivity index (χ2v) is 9.76. The lowest BCUT2D eigenvalue weighted by Gasteiger charge is -2.12. The molecule has 0 aliphatic rings. The summed E-state index contributed by atoms with van der Waals surface area (Å²) in [6, 6.07) is 18.7. The molecule has 0 aliphatic carbocycles. The average molecular weight is 474 g/mol. The number of hydrogen-bond donors (Lipinski definition) is 1. The van der Waals surface area contributed by atoms with Gasteiger partial charge in [0.1, 0.15) is 12.4 Å². The van der Waals surface area contributed by atoms with Gasteiger partial charge in [0.15, 0.2) is 9.84 Å². The van der Waals surface area contributed by atoms with Crippen molar-refractivity contribution in [1.82, 2.24) is 9.55 Å². The van der Waals surface area contributed by atoms with E-state index in [1.165, 1.54) is 12.1 Å². The second kappa shape index (κ2) is 8.34. The SMILES string of the molecule is CS(=O)(=O)c1ccc(NC(=O)Cn2c(-c3cccc(Cl)c3Cl)nc3ccccc32)cc1. The fourth-order valence-corrected chi connectivity index (χ4v) is 4.26. The number of nitrogens with zero attached hydrogens (tertiary/aromatic N) is 2. The third-order valence-corrected chi connectivity index (χ3v) is 6.66. The van der Waals surface area contributed by atoms with Crippen LogP contribution in [0.2, 0.25) is 10.0 Å². The minimum Gasteiger partial charge on any atom is -0.325 e. The number of hydrogen-bond acceptors (Lipinski definition) is 4. The highest BCUT2D eigenvalue weighted by atomic mass is 35.5. The summed E-state index contributed by atoms with van der Waals surface area (Å²) in [5.41, 5.74) is 2.61. The Morgan fingerprint density at radius 1 is 1.00 bits per heavy atom. The van der Waals surface area contributed by atoms with Crippen LogP contribution in [0.25, 0.3) is 22.4 Å². The molecule has 0 radical (unpaired) electrons. The van der Waals surface area contributed by atoms with E-state index in [0.717, 1.165) is 17.3 Å². The van der Waals surface area contributed by atoms with E-state index >= 15 is 0 Å². The quantitative estimate of drug-likeness (QED) is 0.439. The van der Waals surface area contributed by atoms with E-state index < -0.39 is 9.84 Å². The first kappa shape index (κ1) is 21.4. The summed E-state index contributed by atoms with van der Waals surface area (Å²) in [6.07, 6.45) is 1.13. The normalized spacial score (nSPS) is 11.6. The fourth-order valence-electron chi connectivity index (χ4n) is 3.25. The molecule has 1 aromatic heterocycles. The van der Waals surface area contributed by atoms with Crippen LogP contribution in [0.15, 0.2) is 71.6 Å². The van der Waals surface area contributed by atoms with E-state index in [4.69, 9.17) is 23.2 Å². The number of sulfone groups is 1. The van der Waals surface area contributed by atoms with Crippen LogP contribution in [0.5, 0.6) is 0 Å². The Morgan fingerprint density at radius 3 is 2.42 bits per heavy atom. The monoisotopic (exact) mass is 473 g/mol. The molecule has 1 amide bonds. The Bertz CT molecular complexity index is 1400. The summed E-state index contributed by atoms with van der Waals surface area (Å²) in [5.74, 6) is 0.228. The maximum atomic E-state index is 12.8. The molecule has 4 aromatic rings. The summed E-state index contributed by atoms with van der Waals surface area (Å²) >= 11 is 12.6. The third-order valence-electron chi connectivity index (χ3n) is 4.71. The molecule has 1 N–H and O–H groups in total. The summed E-state index contributed by atoms with van der Waals surface area (Å²) in [7, 11) is -3.31. The number of anilines is 1. The van der Waals surface area contributed by atoms with Gasteiger partial charge in [0, 0.05) is 17.5 Å². The van der Waals surface area contributed by atoms with Gasteiger partial charge in [0.2, 0.25) is 5.91 Å². The molecular formula is C22H17Cl2N3O3S. The van der Waals surface area contributed by atoms with Crippen LogP contribution in [-0.2, 0) is 21.2 Å². The summed E-state index contributed by atoms with van der Waals surface area (Å²) in [4.78, 5) is 17.6. The van der Waals surface area contributed by atoms with Crippen LogP contribution in [0.1, 0.15) is 0 Å². The van der Waals surface area contributed by atoms with Crippen LogP contribution in [0, 0.1) is 0 Å². The highest BCUT2D eigenvalue weighted by molar-refractivity contribution is 7.90. The summed E-state index contributed by atoms with van der Waals surface area (Å²) in [6.45, 7) is -0.0213. The Morgan fingerprint density at radius 2 is 1.71 bits per heavy atom. The Kier molecular flexibility index (Phi) is 5.75. The maximum Gasteiger partial charge on any atom is 0.244 e. The van der Waals surface area contributed by atoms with Crippen molar-refractivity contribution >= 4 is 55.7 Å². The smallest absolute Gasteiger partial charge is 0.244 e. The lowest BCUT2D eigenvalue weighted by Crippen LogP contribution is -2.19. The van der Waals surface area contributed by atoms with E-state index in [-0.39, 0.29) is 17.3 Å². The molecular weight excluding hydrogens is 457 g/mol. The van der Waals surface area contributed by atoms with Gasteiger partial charge in [-0.05, 0) is 48.5 Å². The van der Waals surface area contributed by atoms with Crippen LogP contribution >= 0.6 is 23.2 Å². The first-order valence-electron chi connectivity index (χ1n) is 9.23. The molecule has 0 atom stereocenters. The Labute approximate surface area is 189 Å². The number of amides is 1. The van der Waals surface area contributed by atoms with E-state index in [9.17, 15) is 13.2 Å². The number of imidazole rings is 1. The Balaban J connectivity index is 1.68. The van der Waals surface area contributed by atoms with Crippen LogP contribution in [0.3, 0.4) is 0 Å². The van der Waals surface area contributed by atoms with E-state index in [1.807, 2.05) is 24.3 Å². The summed E-state index contributed by atoms with van der Waals surface area (Å²) < 4.78 is 25.0. The van der Waals surface area contributed by atoms with E-state index in [2.05, 4.69) is 10.3 Å². The summed E-state index contributed by atoms with van der Waals surface area (Å²) in [5, 5.41) is 3.54. The molecule has 0 aliphatic heterocycles. The van der Waals surface area contributed by atoms with Gasteiger partial charge in [-0.3, -0.25) is 4.79 Å². The van der Waals surface area contributed by atoms with E-state index in [1.54, 1.807) is 34.9 Å². The zero-order valence-corrected chi connectivity index (χ0v) is 18.7. The van der Waals surface area contributed by atoms with Crippen molar-refractivity contribution in [3.05, 3.63) is 76.8 Å². The first-order chi connectivity index (χ1) is 14.7. The number of benzene rings is 3. The molecule has 0 unspecified atom stereocenters. The number of para-hydroxylation sites is 2. The minimum atomic E-state index is -3.31. The van der Waals surface area contributed by atoms with Crippen molar-refractivity contribution in [1.29, 1.82) is 0 Å². The van der Waals surface area contributed by atoms with E-state index in [0.29, 0.717) is 27.1 Å². The fraction of sp³-hybridized carbons (Fsp3) is 0.0909. The molecule has 31 heavy (non-hydrogen) atoms.